The van der Waals surface area contributed by atoms with E-state index in [4.69, 9.17) is 11.6 Å². The molecule has 0 amide bonds. The zero-order chi connectivity index (χ0) is 14.1. The second-order valence-electron chi connectivity index (χ2n) is 4.85. The van der Waals surface area contributed by atoms with Crippen LogP contribution in [0.15, 0.2) is 0 Å². The topological polar surface area (TPSA) is 58.4 Å². The van der Waals surface area contributed by atoms with E-state index in [2.05, 4.69) is 5.10 Å². The summed E-state index contributed by atoms with van der Waals surface area (Å²) >= 11 is 6.19. The number of aromatic nitrogens is 2. The Hall–Kier alpha value is -1.07. The summed E-state index contributed by atoms with van der Waals surface area (Å²) in [6.45, 7) is 8.24. The zero-order valence-corrected chi connectivity index (χ0v) is 12.2. The number of halogens is 1. The van der Waals surface area contributed by atoms with Crippen LogP contribution < -0.4 is 0 Å². The summed E-state index contributed by atoms with van der Waals surface area (Å²) in [6, 6.07) is 0. The average molecular weight is 274 g/mol. The van der Waals surface area contributed by atoms with E-state index in [0.29, 0.717) is 18.1 Å². The molecule has 1 rings (SSSR count). The summed E-state index contributed by atoms with van der Waals surface area (Å²) in [5.74, 6) is -0.848. The highest BCUT2D eigenvalue weighted by Crippen LogP contribution is 2.24. The number of aryl methyl sites for hydroxylation is 2. The van der Waals surface area contributed by atoms with E-state index in [9.17, 15) is 9.90 Å². The molecule has 1 N–H and O–H groups in total. The molecule has 5 nitrogen and oxygen atoms in total. The molecule has 0 aliphatic carbocycles. The van der Waals surface area contributed by atoms with Crippen molar-refractivity contribution in [1.82, 2.24) is 14.7 Å². The monoisotopic (exact) mass is 273 g/mol. The van der Waals surface area contributed by atoms with Crippen LogP contribution in [0.4, 0.5) is 0 Å². The van der Waals surface area contributed by atoms with Gasteiger partial charge in [-0.3, -0.25) is 14.4 Å². The number of nitrogens with zero attached hydrogens (tertiary/aromatic N) is 3. The molecule has 0 fully saturated rings. The highest BCUT2D eigenvalue weighted by molar-refractivity contribution is 6.31. The maximum Gasteiger partial charge on any atom is 0.323 e. The Labute approximate surface area is 112 Å². The third kappa shape index (κ3) is 2.67. The number of rotatable bonds is 5. The van der Waals surface area contributed by atoms with Crippen molar-refractivity contribution in [3.8, 4) is 0 Å². The van der Waals surface area contributed by atoms with Crippen LogP contribution in [0, 0.1) is 6.92 Å². The predicted octanol–water partition coefficient (Wildman–Crippen LogP) is 2.07. The molecule has 0 aliphatic heterocycles. The number of hydrogen-bond donors (Lipinski definition) is 1. The van der Waals surface area contributed by atoms with Gasteiger partial charge in [-0.2, -0.15) is 5.10 Å². The van der Waals surface area contributed by atoms with Crippen LogP contribution >= 0.6 is 11.6 Å². The Morgan fingerprint density at radius 2 is 2.11 bits per heavy atom. The fourth-order valence-corrected chi connectivity index (χ4v) is 2.09. The number of aliphatic carboxylic acids is 1. The molecule has 18 heavy (non-hydrogen) atoms. The van der Waals surface area contributed by atoms with E-state index < -0.39 is 11.5 Å². The number of hydrogen-bond acceptors (Lipinski definition) is 3. The van der Waals surface area contributed by atoms with Gasteiger partial charge in [-0.05, 0) is 27.3 Å². The lowest BCUT2D eigenvalue weighted by molar-refractivity contribution is -0.149. The summed E-state index contributed by atoms with van der Waals surface area (Å²) in [6.07, 6.45) is 0. The minimum absolute atomic E-state index is 0.464. The van der Waals surface area contributed by atoms with Crippen LogP contribution in [-0.4, -0.2) is 37.8 Å². The van der Waals surface area contributed by atoms with Crippen molar-refractivity contribution in [2.75, 3.05) is 6.54 Å². The first-order valence-electron chi connectivity index (χ1n) is 5.88. The van der Waals surface area contributed by atoms with E-state index in [1.54, 1.807) is 18.5 Å². The quantitative estimate of drug-likeness (QED) is 0.892. The summed E-state index contributed by atoms with van der Waals surface area (Å²) in [5, 5.41) is 14.1. The molecule has 0 aliphatic rings. The minimum atomic E-state index is -0.934. The van der Waals surface area contributed by atoms with Crippen molar-refractivity contribution in [1.29, 1.82) is 0 Å². The van der Waals surface area contributed by atoms with E-state index in [1.807, 2.05) is 25.8 Å². The van der Waals surface area contributed by atoms with Gasteiger partial charge in [-0.25, -0.2) is 0 Å². The molecular weight excluding hydrogens is 254 g/mol. The van der Waals surface area contributed by atoms with E-state index in [-0.39, 0.29) is 0 Å². The summed E-state index contributed by atoms with van der Waals surface area (Å²) < 4.78 is 1.71. The lowest BCUT2D eigenvalue weighted by atomic mass is 10.0. The third-order valence-corrected chi connectivity index (χ3v) is 3.79. The normalized spacial score (nSPS) is 12.2. The first kappa shape index (κ1) is 15.0. The van der Waals surface area contributed by atoms with Crippen molar-refractivity contribution >= 4 is 17.6 Å². The molecule has 0 saturated carbocycles. The number of carbonyl (C=O) groups is 1. The molecule has 1 aromatic rings. The maximum absolute atomic E-state index is 11.3. The van der Waals surface area contributed by atoms with Crippen LogP contribution in [0.2, 0.25) is 5.02 Å². The molecule has 0 unspecified atom stereocenters. The van der Waals surface area contributed by atoms with Crippen molar-refractivity contribution in [2.24, 2.45) is 7.05 Å². The second-order valence-corrected chi connectivity index (χ2v) is 5.23. The second kappa shape index (κ2) is 5.28. The molecule has 0 radical (unpaired) electrons. The van der Waals surface area contributed by atoms with Gasteiger partial charge in [-0.1, -0.05) is 18.5 Å². The van der Waals surface area contributed by atoms with Gasteiger partial charge in [0.25, 0.3) is 0 Å². The third-order valence-electron chi connectivity index (χ3n) is 3.30. The van der Waals surface area contributed by atoms with Crippen LogP contribution in [0.5, 0.6) is 0 Å². The van der Waals surface area contributed by atoms with Crippen molar-refractivity contribution in [3.05, 3.63) is 16.4 Å². The number of likely N-dealkylation sites (N-methyl/N-ethyl adjacent to an activating group) is 1. The molecule has 0 atom stereocenters. The van der Waals surface area contributed by atoms with E-state index in [1.165, 1.54) is 0 Å². The molecule has 6 heteroatoms. The Morgan fingerprint density at radius 1 is 1.56 bits per heavy atom. The predicted molar refractivity (Wildman–Crippen MR) is 70.8 cm³/mol. The molecule has 1 heterocycles. The Bertz CT molecular complexity index is 454. The average Bonchev–Trinajstić information content (AvgIpc) is 2.50. The minimum Gasteiger partial charge on any atom is -0.480 e. The van der Waals surface area contributed by atoms with E-state index in [0.717, 1.165) is 11.4 Å². The number of carboxylic acid groups (broad SMARTS) is 1. The summed E-state index contributed by atoms with van der Waals surface area (Å²) in [4.78, 5) is 13.1. The van der Waals surface area contributed by atoms with Crippen molar-refractivity contribution in [2.45, 2.75) is 39.8 Å². The zero-order valence-electron chi connectivity index (χ0n) is 11.5. The number of carboxylic acids is 1. The first-order valence-corrected chi connectivity index (χ1v) is 6.26. The Kier molecular flexibility index (Phi) is 4.40. The lowest BCUT2D eigenvalue weighted by Crippen LogP contribution is -2.49. The molecule has 0 bridgehead atoms. The van der Waals surface area contributed by atoms with Gasteiger partial charge in [-0.15, -0.1) is 0 Å². The summed E-state index contributed by atoms with van der Waals surface area (Å²) in [7, 11) is 1.82. The van der Waals surface area contributed by atoms with Gasteiger partial charge in [0.1, 0.15) is 5.54 Å². The van der Waals surface area contributed by atoms with Crippen molar-refractivity contribution < 1.29 is 9.90 Å². The van der Waals surface area contributed by atoms with Gasteiger partial charge in [0.05, 0.1) is 16.4 Å². The van der Waals surface area contributed by atoms with Gasteiger partial charge >= 0.3 is 5.97 Å². The van der Waals surface area contributed by atoms with Gasteiger partial charge < -0.3 is 5.11 Å². The van der Waals surface area contributed by atoms with Gasteiger partial charge in [0.15, 0.2) is 0 Å². The van der Waals surface area contributed by atoms with Gasteiger partial charge in [0, 0.05) is 13.6 Å². The smallest absolute Gasteiger partial charge is 0.323 e. The fourth-order valence-electron chi connectivity index (χ4n) is 1.87. The molecule has 0 aromatic carbocycles. The Morgan fingerprint density at radius 3 is 2.44 bits per heavy atom. The molecule has 102 valence electrons. The fraction of sp³-hybridized carbons (Fsp3) is 0.667. The van der Waals surface area contributed by atoms with Crippen LogP contribution in [0.25, 0.3) is 0 Å². The lowest BCUT2D eigenvalue weighted by Gasteiger charge is -2.34. The SMILES string of the molecule is CCN(Cc1c(Cl)c(C)nn1C)C(C)(C)C(=O)O. The maximum atomic E-state index is 11.3. The molecule has 1 aromatic heterocycles. The standard InChI is InChI=1S/C12H20ClN3O2/c1-6-16(12(3,4)11(17)18)7-9-10(13)8(2)14-15(9)5/h6-7H2,1-5H3,(H,17,18). The molecular formula is C12H20ClN3O2. The first-order chi connectivity index (χ1) is 8.21. The highest BCUT2D eigenvalue weighted by Gasteiger charge is 2.34. The largest absolute Gasteiger partial charge is 0.480 e. The molecule has 0 spiro atoms. The van der Waals surface area contributed by atoms with Crippen LogP contribution in [0.1, 0.15) is 32.2 Å². The summed E-state index contributed by atoms with van der Waals surface area (Å²) in [5.41, 5.74) is 0.666. The molecule has 0 saturated heterocycles. The van der Waals surface area contributed by atoms with Crippen LogP contribution in [0.3, 0.4) is 0 Å². The Balaban J connectivity index is 3.04. The van der Waals surface area contributed by atoms with Gasteiger partial charge in [0.2, 0.25) is 0 Å². The highest BCUT2D eigenvalue weighted by atomic mass is 35.5. The van der Waals surface area contributed by atoms with Crippen molar-refractivity contribution in [3.63, 3.8) is 0 Å². The van der Waals surface area contributed by atoms with E-state index >= 15 is 0 Å². The van der Waals surface area contributed by atoms with Crippen LogP contribution in [-0.2, 0) is 18.4 Å².